The molecule has 102 valence electrons. The lowest BCUT2D eigenvalue weighted by Crippen LogP contribution is -2.37. The van der Waals surface area contributed by atoms with Crippen LogP contribution in [0.25, 0.3) is 0 Å². The number of piperidine rings is 1. The summed E-state index contributed by atoms with van der Waals surface area (Å²) in [5.74, 6) is 0.913. The van der Waals surface area contributed by atoms with Crippen molar-refractivity contribution in [2.75, 3.05) is 32.8 Å². The first-order valence-corrected chi connectivity index (χ1v) is 6.96. The average molecular weight is 263 g/mol. The molecule has 1 saturated carbocycles. The number of rotatable bonds is 7. The number of hydrogen-bond acceptors (Lipinski definition) is 3. The molecule has 2 rings (SSSR count). The number of nitrogens with zero attached hydrogens (tertiary/aromatic N) is 1. The highest BCUT2D eigenvalue weighted by Gasteiger charge is 2.30. The molecule has 4 heteroatoms. The summed E-state index contributed by atoms with van der Waals surface area (Å²) in [5.41, 5.74) is 0. The van der Waals surface area contributed by atoms with E-state index < -0.39 is 0 Å². The van der Waals surface area contributed by atoms with E-state index in [1.807, 2.05) is 0 Å². The summed E-state index contributed by atoms with van der Waals surface area (Å²) < 4.78 is 0. The molecule has 2 fully saturated rings. The number of aliphatic hydroxyl groups excluding tert-OH is 1. The highest BCUT2D eigenvalue weighted by Crippen LogP contribution is 2.29. The van der Waals surface area contributed by atoms with Gasteiger partial charge in [-0.3, -0.25) is 0 Å². The average Bonchev–Trinajstić information content (AvgIpc) is 3.13. The Morgan fingerprint density at radius 2 is 1.76 bits per heavy atom. The second-order valence-corrected chi connectivity index (χ2v) is 5.35. The second-order valence-electron chi connectivity index (χ2n) is 5.35. The minimum Gasteiger partial charge on any atom is -0.396 e. The fourth-order valence-electron chi connectivity index (χ4n) is 2.69. The van der Waals surface area contributed by atoms with Crippen molar-refractivity contribution in [2.45, 2.75) is 44.6 Å². The van der Waals surface area contributed by atoms with Gasteiger partial charge >= 0.3 is 0 Å². The number of nitrogens with one attached hydrogen (secondary N) is 1. The van der Waals surface area contributed by atoms with Crippen molar-refractivity contribution in [1.29, 1.82) is 0 Å². The van der Waals surface area contributed by atoms with Crippen LogP contribution in [0.1, 0.15) is 38.5 Å². The van der Waals surface area contributed by atoms with Crippen LogP contribution in [0, 0.1) is 5.92 Å². The van der Waals surface area contributed by atoms with Crippen LogP contribution in [0.5, 0.6) is 0 Å². The fourth-order valence-corrected chi connectivity index (χ4v) is 2.69. The molecule has 1 heterocycles. The van der Waals surface area contributed by atoms with Crippen LogP contribution in [-0.4, -0.2) is 48.8 Å². The van der Waals surface area contributed by atoms with Crippen molar-refractivity contribution in [2.24, 2.45) is 5.92 Å². The standard InChI is InChI=1S/C13H26N2O.ClH/c16-10-2-1-9-15(13-3-4-13)11-12-5-7-14-8-6-12;/h12-14,16H,1-11H2;1H. The Morgan fingerprint density at radius 3 is 2.35 bits per heavy atom. The summed E-state index contributed by atoms with van der Waals surface area (Å²) in [6.45, 7) is 5.28. The normalized spacial score (nSPS) is 21.5. The molecule has 2 N–H and O–H groups in total. The summed E-state index contributed by atoms with van der Waals surface area (Å²) in [6, 6.07) is 0.883. The van der Waals surface area contributed by atoms with Gasteiger partial charge in [0, 0.05) is 19.2 Å². The van der Waals surface area contributed by atoms with E-state index in [2.05, 4.69) is 10.2 Å². The molecule has 2 aliphatic rings. The summed E-state index contributed by atoms with van der Waals surface area (Å²) in [4.78, 5) is 2.69. The minimum absolute atomic E-state index is 0. The van der Waals surface area contributed by atoms with Crippen LogP contribution >= 0.6 is 12.4 Å². The van der Waals surface area contributed by atoms with Crippen LogP contribution in [0.4, 0.5) is 0 Å². The molecule has 0 amide bonds. The van der Waals surface area contributed by atoms with Gasteiger partial charge in [0.05, 0.1) is 0 Å². The molecule has 0 aromatic rings. The van der Waals surface area contributed by atoms with Gasteiger partial charge in [0.15, 0.2) is 0 Å². The molecule has 0 atom stereocenters. The highest BCUT2D eigenvalue weighted by molar-refractivity contribution is 5.85. The van der Waals surface area contributed by atoms with Crippen molar-refractivity contribution in [3.05, 3.63) is 0 Å². The van der Waals surface area contributed by atoms with Crippen molar-refractivity contribution in [1.82, 2.24) is 10.2 Å². The van der Waals surface area contributed by atoms with Gasteiger partial charge < -0.3 is 15.3 Å². The summed E-state index contributed by atoms with van der Waals surface area (Å²) in [6.07, 6.45) is 7.65. The third kappa shape index (κ3) is 5.56. The second kappa shape index (κ2) is 8.30. The molecule has 0 bridgehead atoms. The van der Waals surface area contributed by atoms with E-state index in [1.54, 1.807) is 0 Å². The minimum atomic E-state index is 0. The largest absolute Gasteiger partial charge is 0.396 e. The molecular formula is C13H27ClN2O. The molecule has 0 aromatic carbocycles. The Hall–Kier alpha value is 0.170. The van der Waals surface area contributed by atoms with Crippen LogP contribution in [0.15, 0.2) is 0 Å². The summed E-state index contributed by atoms with van der Waals surface area (Å²) in [7, 11) is 0. The predicted octanol–water partition coefficient (Wildman–Crippen LogP) is 1.64. The van der Waals surface area contributed by atoms with Gasteiger partial charge in [-0.05, 0) is 64.1 Å². The molecule has 1 aliphatic heterocycles. The van der Waals surface area contributed by atoms with E-state index in [0.29, 0.717) is 6.61 Å². The summed E-state index contributed by atoms with van der Waals surface area (Å²) >= 11 is 0. The van der Waals surface area contributed by atoms with Crippen molar-refractivity contribution in [3.8, 4) is 0 Å². The van der Waals surface area contributed by atoms with Crippen LogP contribution in [-0.2, 0) is 0 Å². The first kappa shape index (κ1) is 15.2. The molecule has 0 radical (unpaired) electrons. The topological polar surface area (TPSA) is 35.5 Å². The Morgan fingerprint density at radius 1 is 1.06 bits per heavy atom. The lowest BCUT2D eigenvalue weighted by atomic mass is 9.97. The fraction of sp³-hybridized carbons (Fsp3) is 1.00. The van der Waals surface area contributed by atoms with Crippen LogP contribution < -0.4 is 5.32 Å². The SMILES string of the molecule is Cl.OCCCCN(CC1CCNCC1)C1CC1. The Bertz CT molecular complexity index is 194. The smallest absolute Gasteiger partial charge is 0.0431 e. The lowest BCUT2D eigenvalue weighted by Gasteiger charge is -2.30. The third-order valence-corrected chi connectivity index (χ3v) is 3.87. The number of hydrogen-bond donors (Lipinski definition) is 2. The van der Waals surface area contributed by atoms with Crippen molar-refractivity contribution < 1.29 is 5.11 Å². The van der Waals surface area contributed by atoms with E-state index in [9.17, 15) is 0 Å². The third-order valence-electron chi connectivity index (χ3n) is 3.87. The molecule has 1 saturated heterocycles. The van der Waals surface area contributed by atoms with Crippen LogP contribution in [0.2, 0.25) is 0 Å². The summed E-state index contributed by atoms with van der Waals surface area (Å²) in [5, 5.41) is 12.3. The number of aliphatic hydroxyl groups is 1. The molecule has 0 aromatic heterocycles. The van der Waals surface area contributed by atoms with Gasteiger partial charge in [-0.2, -0.15) is 0 Å². The van der Waals surface area contributed by atoms with Gasteiger partial charge in [0.1, 0.15) is 0 Å². The van der Waals surface area contributed by atoms with E-state index >= 15 is 0 Å². The molecule has 17 heavy (non-hydrogen) atoms. The van der Waals surface area contributed by atoms with Gasteiger partial charge in [0.25, 0.3) is 0 Å². The monoisotopic (exact) mass is 262 g/mol. The maximum atomic E-state index is 8.83. The lowest BCUT2D eigenvalue weighted by molar-refractivity contribution is 0.187. The molecule has 1 aliphatic carbocycles. The zero-order valence-corrected chi connectivity index (χ0v) is 11.6. The van der Waals surface area contributed by atoms with Gasteiger partial charge in [-0.25, -0.2) is 0 Å². The van der Waals surface area contributed by atoms with E-state index in [0.717, 1.165) is 24.8 Å². The maximum Gasteiger partial charge on any atom is 0.0431 e. The Kier molecular flexibility index (Phi) is 7.44. The van der Waals surface area contributed by atoms with E-state index in [1.165, 1.54) is 51.9 Å². The van der Waals surface area contributed by atoms with Crippen LogP contribution in [0.3, 0.4) is 0 Å². The van der Waals surface area contributed by atoms with Gasteiger partial charge in [0.2, 0.25) is 0 Å². The first-order chi connectivity index (χ1) is 7.90. The number of halogens is 1. The van der Waals surface area contributed by atoms with Gasteiger partial charge in [-0.15, -0.1) is 12.4 Å². The maximum absolute atomic E-state index is 8.83. The zero-order valence-electron chi connectivity index (χ0n) is 10.7. The van der Waals surface area contributed by atoms with E-state index in [-0.39, 0.29) is 12.4 Å². The molecular weight excluding hydrogens is 236 g/mol. The quantitative estimate of drug-likeness (QED) is 0.685. The molecule has 0 spiro atoms. The van der Waals surface area contributed by atoms with E-state index in [4.69, 9.17) is 5.11 Å². The Balaban J connectivity index is 0.00000144. The van der Waals surface area contributed by atoms with Crippen molar-refractivity contribution >= 4 is 12.4 Å². The predicted molar refractivity (Wildman–Crippen MR) is 73.8 cm³/mol. The number of unbranched alkanes of at least 4 members (excludes halogenated alkanes) is 1. The van der Waals surface area contributed by atoms with Gasteiger partial charge in [-0.1, -0.05) is 0 Å². The highest BCUT2D eigenvalue weighted by atomic mass is 35.5. The molecule has 3 nitrogen and oxygen atoms in total. The zero-order chi connectivity index (χ0) is 11.2. The van der Waals surface area contributed by atoms with Crippen molar-refractivity contribution in [3.63, 3.8) is 0 Å². The Labute approximate surface area is 111 Å². The first-order valence-electron chi connectivity index (χ1n) is 6.96. The molecule has 0 unspecified atom stereocenters.